The van der Waals surface area contributed by atoms with E-state index in [9.17, 15) is 0 Å². The second-order valence-electron chi connectivity index (χ2n) is 10.1. The van der Waals surface area contributed by atoms with Crippen LogP contribution >= 0.6 is 0 Å². The average molecular weight is 605 g/mol. The molecule has 0 radical (unpaired) electrons. The molecule has 0 aliphatic carbocycles. The average Bonchev–Trinajstić information content (AvgIpc) is 2.97. The van der Waals surface area contributed by atoms with Crippen LogP contribution in [0, 0.1) is 5.92 Å². The number of hydrogen-bond donors (Lipinski definition) is 0. The van der Waals surface area contributed by atoms with Crippen LogP contribution in [0.4, 0.5) is 13.2 Å². The summed E-state index contributed by atoms with van der Waals surface area (Å²) in [7, 11) is 1.61. The van der Waals surface area contributed by atoms with Gasteiger partial charge in [-0.05, 0) is 0 Å². The van der Waals surface area contributed by atoms with Gasteiger partial charge >= 0.3 is 238 Å². The minimum absolute atomic E-state index is 0.0241. The van der Waals surface area contributed by atoms with E-state index in [2.05, 4.69) is 0 Å². The molecule has 4 aromatic carbocycles. The Morgan fingerprint density at radius 3 is 1.55 bits per heavy atom. The summed E-state index contributed by atoms with van der Waals surface area (Å²) in [5, 5.41) is 0. The molecule has 0 fully saturated rings. The monoisotopic (exact) mass is 606 g/mol. The van der Waals surface area contributed by atoms with Crippen molar-refractivity contribution in [2.75, 3.05) is 7.11 Å². The van der Waals surface area contributed by atoms with Crippen molar-refractivity contribution in [3.63, 3.8) is 0 Å². The molecule has 0 aliphatic heterocycles. The molecule has 1 unspecified atom stereocenters. The number of methoxy groups -OCH3 is 1. The summed E-state index contributed by atoms with van der Waals surface area (Å²) in [4.78, 5) is 0. The zero-order chi connectivity index (χ0) is 28.6. The van der Waals surface area contributed by atoms with Crippen LogP contribution in [0.5, 0.6) is 5.75 Å². The van der Waals surface area contributed by atoms with E-state index in [0.29, 0.717) is 6.61 Å². The Labute approximate surface area is 237 Å². The first-order chi connectivity index (χ1) is 19.3. The number of ether oxygens (including phenoxy) is 2. The first-order valence-corrected chi connectivity index (χ1v) is 17.7. The molecule has 0 saturated heterocycles. The predicted octanol–water partition coefficient (Wildman–Crippen LogP) is 6.82. The third-order valence-corrected chi connectivity index (χ3v) is 17.5. The molecule has 1 atom stereocenters. The van der Waals surface area contributed by atoms with Crippen molar-refractivity contribution < 1.29 is 22.6 Å². The van der Waals surface area contributed by atoms with E-state index in [1.54, 1.807) is 7.11 Å². The standard InChI is InChI=1S/C34H35F3GeO2/c1-26(2)32(40-25-27-19-21-31(39-3)22-20-27)23-24-33(34(35,36)37)38(28-13-7-4-8-14-28,29-15-9-5-10-16-29)30-17-11-6-12-18-30/h4-22,24,26,32H,23,25H2,1-3H3/b33-24+. The summed E-state index contributed by atoms with van der Waals surface area (Å²) in [6.45, 7) is 4.28. The van der Waals surface area contributed by atoms with Crippen molar-refractivity contribution in [2.45, 2.75) is 39.2 Å². The van der Waals surface area contributed by atoms with Crippen molar-refractivity contribution in [2.24, 2.45) is 5.92 Å². The van der Waals surface area contributed by atoms with Crippen LogP contribution in [0.3, 0.4) is 0 Å². The number of allylic oxidation sites excluding steroid dienone is 1. The molecular formula is C34H35F3GeO2. The second kappa shape index (κ2) is 13.4. The van der Waals surface area contributed by atoms with Crippen LogP contribution < -0.4 is 17.9 Å². The topological polar surface area (TPSA) is 18.5 Å². The van der Waals surface area contributed by atoms with Crippen LogP contribution in [-0.4, -0.2) is 32.7 Å². The first kappa shape index (κ1) is 29.7. The molecule has 0 heterocycles. The van der Waals surface area contributed by atoms with E-state index >= 15 is 13.2 Å². The van der Waals surface area contributed by atoms with Gasteiger partial charge in [-0.1, -0.05) is 0 Å². The molecular weight excluding hydrogens is 570 g/mol. The van der Waals surface area contributed by atoms with Crippen molar-refractivity contribution >= 4 is 26.5 Å². The zero-order valence-electron chi connectivity index (χ0n) is 23.1. The van der Waals surface area contributed by atoms with Gasteiger partial charge in [0.05, 0.1) is 0 Å². The minimum atomic E-state index is -4.53. The number of halogens is 3. The van der Waals surface area contributed by atoms with Gasteiger partial charge in [-0.3, -0.25) is 0 Å². The van der Waals surface area contributed by atoms with Gasteiger partial charge in [0.2, 0.25) is 0 Å². The Morgan fingerprint density at radius 1 is 0.725 bits per heavy atom. The number of alkyl halides is 3. The quantitative estimate of drug-likeness (QED) is 0.175. The number of rotatable bonds is 11. The van der Waals surface area contributed by atoms with Crippen LogP contribution in [0.2, 0.25) is 0 Å². The third kappa shape index (κ3) is 6.70. The Hall–Kier alpha value is -3.29. The Balaban J connectivity index is 1.83. The number of hydrogen-bond acceptors (Lipinski definition) is 2. The molecule has 6 heteroatoms. The summed E-state index contributed by atoms with van der Waals surface area (Å²) in [6.07, 6.45) is -3.32. The van der Waals surface area contributed by atoms with E-state index in [-0.39, 0.29) is 18.4 Å². The van der Waals surface area contributed by atoms with Gasteiger partial charge in [0, 0.05) is 0 Å². The van der Waals surface area contributed by atoms with Crippen LogP contribution in [-0.2, 0) is 11.3 Å². The van der Waals surface area contributed by atoms with E-state index < -0.39 is 23.8 Å². The van der Waals surface area contributed by atoms with Gasteiger partial charge in [-0.2, -0.15) is 0 Å². The van der Waals surface area contributed by atoms with Gasteiger partial charge in [-0.15, -0.1) is 0 Å². The van der Waals surface area contributed by atoms with Gasteiger partial charge in [-0.25, -0.2) is 0 Å². The molecule has 0 N–H and O–H groups in total. The Bertz CT molecular complexity index is 1260. The summed E-state index contributed by atoms with van der Waals surface area (Å²) in [5.74, 6) is 0.767. The van der Waals surface area contributed by atoms with Crippen LogP contribution in [0.1, 0.15) is 25.8 Å². The molecule has 2 nitrogen and oxygen atoms in total. The maximum absolute atomic E-state index is 15.4. The fourth-order valence-electron chi connectivity index (χ4n) is 5.20. The Kier molecular flexibility index (Phi) is 9.93. The van der Waals surface area contributed by atoms with Crippen molar-refractivity contribution in [1.82, 2.24) is 0 Å². The molecule has 0 bridgehead atoms. The maximum atomic E-state index is 15.4. The normalized spacial score (nSPS) is 13.3. The van der Waals surface area contributed by atoms with Gasteiger partial charge in [0.1, 0.15) is 0 Å². The molecule has 4 rings (SSSR count). The van der Waals surface area contributed by atoms with Crippen LogP contribution in [0.15, 0.2) is 126 Å². The summed E-state index contributed by atoms with van der Waals surface area (Å²) >= 11 is -4.47. The fourth-order valence-corrected chi connectivity index (χ4v) is 15.4. The first-order valence-electron chi connectivity index (χ1n) is 13.5. The van der Waals surface area contributed by atoms with Crippen molar-refractivity contribution in [3.05, 3.63) is 131 Å². The molecule has 0 spiro atoms. The van der Waals surface area contributed by atoms with Gasteiger partial charge < -0.3 is 0 Å². The molecule has 4 aromatic rings. The van der Waals surface area contributed by atoms with Crippen LogP contribution in [0.25, 0.3) is 0 Å². The van der Waals surface area contributed by atoms with Gasteiger partial charge in [0.15, 0.2) is 0 Å². The molecule has 0 aromatic heterocycles. The van der Waals surface area contributed by atoms with E-state index in [1.807, 2.05) is 129 Å². The second-order valence-corrected chi connectivity index (χ2v) is 18.1. The summed E-state index contributed by atoms with van der Waals surface area (Å²) in [5.41, 5.74) is 0.941. The van der Waals surface area contributed by atoms with E-state index in [4.69, 9.17) is 9.47 Å². The van der Waals surface area contributed by atoms with E-state index in [0.717, 1.165) is 24.5 Å². The molecule has 0 aliphatic rings. The van der Waals surface area contributed by atoms with Crippen molar-refractivity contribution in [1.29, 1.82) is 0 Å². The predicted molar refractivity (Wildman–Crippen MR) is 159 cm³/mol. The molecule has 0 saturated carbocycles. The Morgan fingerprint density at radius 2 is 1.18 bits per heavy atom. The van der Waals surface area contributed by atoms with Crippen molar-refractivity contribution in [3.8, 4) is 5.75 Å². The van der Waals surface area contributed by atoms with E-state index in [1.165, 1.54) is 6.08 Å². The number of benzene rings is 4. The zero-order valence-corrected chi connectivity index (χ0v) is 25.2. The SMILES string of the molecule is COc1ccc(COC(C/C=[C](\C(F)(F)F)[Ge]([c]2ccccc2)([c]2ccccc2)[c]2ccccc2)C(C)C)cc1. The third-order valence-electron chi connectivity index (χ3n) is 7.25. The molecule has 0 amide bonds. The molecule has 208 valence electrons. The van der Waals surface area contributed by atoms with Gasteiger partial charge in [0.25, 0.3) is 0 Å². The fraction of sp³-hybridized carbons (Fsp3) is 0.235. The summed E-state index contributed by atoms with van der Waals surface area (Å²) < 4.78 is 59.3. The molecule has 40 heavy (non-hydrogen) atoms. The summed E-state index contributed by atoms with van der Waals surface area (Å²) in [6, 6.07) is 35.3.